The Morgan fingerprint density at radius 3 is 2.40 bits per heavy atom. The standard InChI is InChI=1S/C19H17ClN2O3/c1-10(18(21)24)17-11(2)22(16-8-7-14(23)9-15(16)17)19(25)12-3-5-13(20)6-4-12/h3-10,23H,1-2H3,(H2,21,24)/t10-/m1/s1. The average Bonchev–Trinajstić information content (AvgIpc) is 2.85. The number of hydrogen-bond donors (Lipinski definition) is 2. The van der Waals surface area contributed by atoms with Gasteiger partial charge in [-0.2, -0.15) is 0 Å². The van der Waals surface area contributed by atoms with E-state index in [1.165, 1.54) is 10.6 Å². The highest BCUT2D eigenvalue weighted by Crippen LogP contribution is 2.34. The van der Waals surface area contributed by atoms with Crippen molar-refractivity contribution in [2.24, 2.45) is 5.73 Å². The van der Waals surface area contributed by atoms with E-state index in [4.69, 9.17) is 17.3 Å². The smallest absolute Gasteiger partial charge is 0.262 e. The van der Waals surface area contributed by atoms with Crippen LogP contribution in [0.4, 0.5) is 0 Å². The summed E-state index contributed by atoms with van der Waals surface area (Å²) in [7, 11) is 0. The van der Waals surface area contributed by atoms with Crippen LogP contribution in [-0.2, 0) is 4.79 Å². The molecule has 1 heterocycles. The number of aromatic hydroxyl groups is 1. The maximum absolute atomic E-state index is 13.0. The molecule has 1 amide bonds. The Balaban J connectivity index is 2.28. The highest BCUT2D eigenvalue weighted by molar-refractivity contribution is 6.30. The van der Waals surface area contributed by atoms with Gasteiger partial charge in [-0.05, 0) is 61.9 Å². The third kappa shape index (κ3) is 2.87. The number of carbonyl (C=O) groups excluding carboxylic acids is 2. The number of rotatable bonds is 3. The second kappa shape index (κ2) is 6.26. The fraction of sp³-hybridized carbons (Fsp3) is 0.158. The second-order valence-corrected chi connectivity index (χ2v) is 6.41. The van der Waals surface area contributed by atoms with Crippen molar-refractivity contribution in [3.8, 4) is 5.75 Å². The molecule has 0 bridgehead atoms. The summed E-state index contributed by atoms with van der Waals surface area (Å²) in [4.78, 5) is 24.7. The lowest BCUT2D eigenvalue weighted by Gasteiger charge is -2.10. The molecule has 0 saturated carbocycles. The van der Waals surface area contributed by atoms with E-state index in [-0.39, 0.29) is 11.7 Å². The summed E-state index contributed by atoms with van der Waals surface area (Å²) in [5, 5.41) is 11.0. The normalized spacial score (nSPS) is 12.3. The SMILES string of the molecule is Cc1c([C@@H](C)C(N)=O)c2cc(O)ccc2n1C(=O)c1ccc(Cl)cc1. The Labute approximate surface area is 149 Å². The fourth-order valence-electron chi connectivity index (χ4n) is 3.10. The van der Waals surface area contributed by atoms with Crippen molar-refractivity contribution in [3.63, 3.8) is 0 Å². The predicted molar refractivity (Wildman–Crippen MR) is 97.1 cm³/mol. The number of phenols is 1. The van der Waals surface area contributed by atoms with Gasteiger partial charge in [-0.3, -0.25) is 14.2 Å². The van der Waals surface area contributed by atoms with Crippen molar-refractivity contribution in [1.82, 2.24) is 4.57 Å². The van der Waals surface area contributed by atoms with Crippen molar-refractivity contribution < 1.29 is 14.7 Å². The van der Waals surface area contributed by atoms with Crippen molar-refractivity contribution in [3.05, 3.63) is 64.3 Å². The maximum Gasteiger partial charge on any atom is 0.262 e. The molecule has 0 unspecified atom stereocenters. The number of amides is 1. The van der Waals surface area contributed by atoms with Crippen LogP contribution in [0.15, 0.2) is 42.5 Å². The van der Waals surface area contributed by atoms with E-state index in [0.29, 0.717) is 32.7 Å². The third-order valence-electron chi connectivity index (χ3n) is 4.39. The van der Waals surface area contributed by atoms with Gasteiger partial charge >= 0.3 is 0 Å². The van der Waals surface area contributed by atoms with Gasteiger partial charge in [-0.15, -0.1) is 0 Å². The predicted octanol–water partition coefficient (Wildman–Crippen LogP) is 3.59. The van der Waals surface area contributed by atoms with Gasteiger partial charge in [0.1, 0.15) is 5.75 Å². The molecule has 1 aromatic heterocycles. The van der Waals surface area contributed by atoms with Gasteiger partial charge in [-0.1, -0.05) is 11.6 Å². The molecule has 6 heteroatoms. The van der Waals surface area contributed by atoms with Gasteiger partial charge in [0.15, 0.2) is 0 Å². The van der Waals surface area contributed by atoms with Gasteiger partial charge in [0.25, 0.3) is 5.91 Å². The molecule has 2 aromatic carbocycles. The second-order valence-electron chi connectivity index (χ2n) is 5.97. The molecular formula is C19H17ClN2O3. The molecule has 0 saturated heterocycles. The van der Waals surface area contributed by atoms with Gasteiger partial charge in [-0.25, -0.2) is 0 Å². The lowest BCUT2D eigenvalue weighted by molar-refractivity contribution is -0.119. The molecule has 0 fully saturated rings. The number of hydrogen-bond acceptors (Lipinski definition) is 3. The van der Waals surface area contributed by atoms with Crippen molar-refractivity contribution in [2.45, 2.75) is 19.8 Å². The van der Waals surface area contributed by atoms with E-state index in [1.54, 1.807) is 50.2 Å². The molecular weight excluding hydrogens is 340 g/mol. The lowest BCUT2D eigenvalue weighted by atomic mass is 9.97. The van der Waals surface area contributed by atoms with Crippen LogP contribution >= 0.6 is 11.6 Å². The number of nitrogens with zero attached hydrogens (tertiary/aromatic N) is 1. The number of primary amides is 1. The zero-order chi connectivity index (χ0) is 18.3. The Hall–Kier alpha value is -2.79. The number of aromatic nitrogens is 1. The molecule has 3 aromatic rings. The fourth-order valence-corrected chi connectivity index (χ4v) is 3.23. The average molecular weight is 357 g/mol. The Morgan fingerprint density at radius 1 is 1.16 bits per heavy atom. The summed E-state index contributed by atoms with van der Waals surface area (Å²) in [6.07, 6.45) is 0. The minimum Gasteiger partial charge on any atom is -0.508 e. The first-order chi connectivity index (χ1) is 11.8. The summed E-state index contributed by atoms with van der Waals surface area (Å²) in [6.45, 7) is 3.45. The number of carbonyl (C=O) groups is 2. The Morgan fingerprint density at radius 2 is 1.80 bits per heavy atom. The Kier molecular flexibility index (Phi) is 4.27. The monoisotopic (exact) mass is 356 g/mol. The number of nitrogens with two attached hydrogens (primary N) is 1. The zero-order valence-corrected chi connectivity index (χ0v) is 14.5. The van der Waals surface area contributed by atoms with Crippen LogP contribution in [0.25, 0.3) is 10.9 Å². The molecule has 0 radical (unpaired) electrons. The van der Waals surface area contributed by atoms with Crippen molar-refractivity contribution >= 4 is 34.3 Å². The number of benzene rings is 2. The first-order valence-electron chi connectivity index (χ1n) is 7.74. The van der Waals surface area contributed by atoms with Gasteiger partial charge in [0.2, 0.25) is 5.91 Å². The van der Waals surface area contributed by atoms with Crippen LogP contribution in [0.3, 0.4) is 0 Å². The molecule has 0 aliphatic carbocycles. The van der Waals surface area contributed by atoms with E-state index < -0.39 is 11.8 Å². The van der Waals surface area contributed by atoms with Crippen LogP contribution in [0.2, 0.25) is 5.02 Å². The van der Waals surface area contributed by atoms with Crippen LogP contribution in [0.5, 0.6) is 5.75 Å². The minimum atomic E-state index is -0.594. The first-order valence-corrected chi connectivity index (χ1v) is 8.12. The minimum absolute atomic E-state index is 0.0570. The molecule has 0 aliphatic rings. The molecule has 25 heavy (non-hydrogen) atoms. The quantitative estimate of drug-likeness (QED) is 0.752. The van der Waals surface area contributed by atoms with E-state index in [1.807, 2.05) is 0 Å². The lowest BCUT2D eigenvalue weighted by Crippen LogP contribution is -2.20. The molecule has 0 aliphatic heterocycles. The summed E-state index contributed by atoms with van der Waals surface area (Å²) in [5.41, 5.74) is 7.80. The van der Waals surface area contributed by atoms with Gasteiger partial charge in [0, 0.05) is 21.7 Å². The molecule has 3 N–H and O–H groups in total. The van der Waals surface area contributed by atoms with Gasteiger partial charge in [0.05, 0.1) is 11.4 Å². The summed E-state index contributed by atoms with van der Waals surface area (Å²) in [6, 6.07) is 11.3. The van der Waals surface area contributed by atoms with Crippen LogP contribution in [0, 0.1) is 6.92 Å². The number of phenolic OH excluding ortho intramolecular Hbond substituents is 1. The maximum atomic E-state index is 13.0. The Bertz CT molecular complexity index is 990. The van der Waals surface area contributed by atoms with Crippen LogP contribution in [-0.4, -0.2) is 21.5 Å². The van der Waals surface area contributed by atoms with Crippen LogP contribution in [0.1, 0.15) is 34.5 Å². The van der Waals surface area contributed by atoms with Crippen molar-refractivity contribution in [2.75, 3.05) is 0 Å². The highest BCUT2D eigenvalue weighted by atomic mass is 35.5. The zero-order valence-electron chi connectivity index (χ0n) is 13.8. The summed E-state index contributed by atoms with van der Waals surface area (Å²) in [5.74, 6) is -1.28. The third-order valence-corrected chi connectivity index (χ3v) is 4.64. The van der Waals surface area contributed by atoms with Crippen molar-refractivity contribution in [1.29, 1.82) is 0 Å². The number of halogens is 1. The molecule has 1 atom stereocenters. The van der Waals surface area contributed by atoms with Gasteiger partial charge < -0.3 is 10.8 Å². The summed E-state index contributed by atoms with van der Waals surface area (Å²) >= 11 is 5.89. The molecule has 3 rings (SSSR count). The molecule has 0 spiro atoms. The topological polar surface area (TPSA) is 85.3 Å². The highest BCUT2D eigenvalue weighted by Gasteiger charge is 2.25. The van der Waals surface area contributed by atoms with E-state index in [2.05, 4.69) is 0 Å². The van der Waals surface area contributed by atoms with Crippen LogP contribution < -0.4 is 5.73 Å². The molecule has 128 valence electrons. The summed E-state index contributed by atoms with van der Waals surface area (Å²) < 4.78 is 1.53. The van der Waals surface area contributed by atoms with E-state index in [0.717, 1.165) is 0 Å². The number of fused-ring (bicyclic) bond motifs is 1. The largest absolute Gasteiger partial charge is 0.508 e. The first kappa shape index (κ1) is 17.0. The molecule has 5 nitrogen and oxygen atoms in total. The van der Waals surface area contributed by atoms with E-state index >= 15 is 0 Å². The van der Waals surface area contributed by atoms with E-state index in [9.17, 15) is 14.7 Å².